The zero-order chi connectivity index (χ0) is 15.1. The van der Waals surface area contributed by atoms with E-state index in [1.165, 1.54) is 12.8 Å². The van der Waals surface area contributed by atoms with E-state index in [4.69, 9.17) is 9.31 Å². The first kappa shape index (κ1) is 15.0. The van der Waals surface area contributed by atoms with Gasteiger partial charge in [0.1, 0.15) is 0 Å². The van der Waals surface area contributed by atoms with Gasteiger partial charge in [-0.1, -0.05) is 0 Å². The molecule has 3 heterocycles. The van der Waals surface area contributed by atoms with Gasteiger partial charge in [0.25, 0.3) is 0 Å². The summed E-state index contributed by atoms with van der Waals surface area (Å²) in [5.74, 6) is 0.501. The maximum absolute atomic E-state index is 6.13. The lowest BCUT2D eigenvalue weighted by Gasteiger charge is -2.32. The minimum absolute atomic E-state index is 0.298. The van der Waals surface area contributed by atoms with Gasteiger partial charge in [-0.15, -0.1) is 0 Å². The second-order valence-electron chi connectivity index (χ2n) is 7.15. The molecule has 2 saturated heterocycles. The Morgan fingerprint density at radius 2 is 1.95 bits per heavy atom. The molecule has 1 N–H and O–H groups in total. The standard InChI is InChI=1S/C16H25BN2O2/c1-15(2)16(3,4)21-17(20-15)13-7-9-19-14(10-13)12-6-5-8-18-11-12/h7,9-10,12,18H,5-6,8,11H2,1-4H3/t12-/m1/s1. The lowest BCUT2D eigenvalue weighted by atomic mass is 9.78. The zero-order valence-corrected chi connectivity index (χ0v) is 13.5. The van der Waals surface area contributed by atoms with Gasteiger partial charge in [0.15, 0.2) is 0 Å². The van der Waals surface area contributed by atoms with Crippen molar-refractivity contribution in [3.05, 3.63) is 24.0 Å². The molecule has 0 saturated carbocycles. The minimum atomic E-state index is -0.298. The molecule has 0 aliphatic carbocycles. The van der Waals surface area contributed by atoms with Crippen molar-refractivity contribution >= 4 is 12.6 Å². The molecule has 0 radical (unpaired) electrons. The van der Waals surface area contributed by atoms with Crippen molar-refractivity contribution < 1.29 is 9.31 Å². The Morgan fingerprint density at radius 1 is 1.24 bits per heavy atom. The third-order valence-electron chi connectivity index (χ3n) is 5.05. The Balaban J connectivity index is 1.81. The number of aromatic nitrogens is 1. The van der Waals surface area contributed by atoms with Crippen LogP contribution in [0.25, 0.3) is 0 Å². The highest BCUT2D eigenvalue weighted by Crippen LogP contribution is 2.36. The number of piperidine rings is 1. The van der Waals surface area contributed by atoms with Gasteiger partial charge in [0, 0.05) is 24.4 Å². The van der Waals surface area contributed by atoms with E-state index in [9.17, 15) is 0 Å². The monoisotopic (exact) mass is 288 g/mol. The van der Waals surface area contributed by atoms with Gasteiger partial charge in [-0.3, -0.25) is 4.98 Å². The highest BCUT2D eigenvalue weighted by molar-refractivity contribution is 6.62. The summed E-state index contributed by atoms with van der Waals surface area (Å²) in [4.78, 5) is 4.56. The number of rotatable bonds is 2. The smallest absolute Gasteiger partial charge is 0.399 e. The van der Waals surface area contributed by atoms with Crippen LogP contribution in [0.3, 0.4) is 0 Å². The first-order chi connectivity index (χ1) is 9.89. The molecular formula is C16H25BN2O2. The van der Waals surface area contributed by atoms with E-state index in [-0.39, 0.29) is 18.3 Å². The van der Waals surface area contributed by atoms with Gasteiger partial charge in [0.05, 0.1) is 11.2 Å². The molecule has 1 aromatic rings. The van der Waals surface area contributed by atoms with Gasteiger partial charge in [0.2, 0.25) is 0 Å². The summed E-state index contributed by atoms with van der Waals surface area (Å²) < 4.78 is 12.3. The van der Waals surface area contributed by atoms with Crippen molar-refractivity contribution in [1.82, 2.24) is 10.3 Å². The van der Waals surface area contributed by atoms with Crippen LogP contribution in [0.4, 0.5) is 0 Å². The van der Waals surface area contributed by atoms with Crippen LogP contribution in [-0.4, -0.2) is 36.4 Å². The van der Waals surface area contributed by atoms with E-state index in [1.807, 2.05) is 12.3 Å². The molecule has 0 bridgehead atoms. The summed E-state index contributed by atoms with van der Waals surface area (Å²) in [6.45, 7) is 10.5. The molecule has 4 nitrogen and oxygen atoms in total. The number of nitrogens with one attached hydrogen (secondary N) is 1. The lowest BCUT2D eigenvalue weighted by molar-refractivity contribution is 0.00578. The van der Waals surface area contributed by atoms with Gasteiger partial charge in [-0.25, -0.2) is 0 Å². The molecule has 2 aliphatic heterocycles. The Hall–Kier alpha value is -0.905. The third kappa shape index (κ3) is 2.87. The Morgan fingerprint density at radius 3 is 2.57 bits per heavy atom. The first-order valence-corrected chi connectivity index (χ1v) is 7.91. The quantitative estimate of drug-likeness (QED) is 0.843. The average Bonchev–Trinajstić information content (AvgIpc) is 2.69. The maximum Gasteiger partial charge on any atom is 0.494 e. The summed E-state index contributed by atoms with van der Waals surface area (Å²) >= 11 is 0. The molecule has 0 aromatic carbocycles. The van der Waals surface area contributed by atoms with E-state index in [0.29, 0.717) is 5.92 Å². The Labute approximate surface area is 127 Å². The van der Waals surface area contributed by atoms with E-state index in [1.54, 1.807) is 0 Å². The molecule has 1 aromatic heterocycles. The maximum atomic E-state index is 6.13. The molecule has 2 fully saturated rings. The van der Waals surface area contributed by atoms with Crippen molar-refractivity contribution in [3.8, 4) is 0 Å². The second-order valence-corrected chi connectivity index (χ2v) is 7.15. The lowest BCUT2D eigenvalue weighted by Crippen LogP contribution is -2.41. The fourth-order valence-corrected chi connectivity index (χ4v) is 2.92. The number of nitrogens with zero attached hydrogens (tertiary/aromatic N) is 1. The summed E-state index contributed by atoms with van der Waals surface area (Å²) in [5.41, 5.74) is 1.62. The summed E-state index contributed by atoms with van der Waals surface area (Å²) in [6.07, 6.45) is 4.30. The van der Waals surface area contributed by atoms with Gasteiger partial charge >= 0.3 is 7.12 Å². The molecule has 114 valence electrons. The van der Waals surface area contributed by atoms with E-state index < -0.39 is 0 Å². The molecule has 21 heavy (non-hydrogen) atoms. The zero-order valence-electron chi connectivity index (χ0n) is 13.5. The van der Waals surface area contributed by atoms with Crippen LogP contribution >= 0.6 is 0 Å². The van der Waals surface area contributed by atoms with Gasteiger partial charge in [-0.2, -0.15) is 0 Å². The van der Waals surface area contributed by atoms with Crippen LogP contribution in [-0.2, 0) is 9.31 Å². The largest absolute Gasteiger partial charge is 0.494 e. The summed E-state index contributed by atoms with van der Waals surface area (Å²) in [5, 5.41) is 3.45. The Bertz CT molecular complexity index is 497. The van der Waals surface area contributed by atoms with Crippen LogP contribution in [0.15, 0.2) is 18.3 Å². The number of pyridine rings is 1. The molecule has 3 rings (SSSR count). The van der Waals surface area contributed by atoms with E-state index in [0.717, 1.165) is 24.2 Å². The fraction of sp³-hybridized carbons (Fsp3) is 0.688. The van der Waals surface area contributed by atoms with Crippen molar-refractivity contribution in [2.75, 3.05) is 13.1 Å². The van der Waals surface area contributed by atoms with Crippen LogP contribution < -0.4 is 10.8 Å². The topological polar surface area (TPSA) is 43.4 Å². The predicted molar refractivity (Wildman–Crippen MR) is 84.8 cm³/mol. The Kier molecular flexibility index (Phi) is 3.84. The van der Waals surface area contributed by atoms with Crippen LogP contribution in [0.2, 0.25) is 0 Å². The second kappa shape index (κ2) is 5.38. The molecule has 1 atom stereocenters. The highest BCUT2D eigenvalue weighted by atomic mass is 16.7. The van der Waals surface area contributed by atoms with Crippen molar-refractivity contribution in [3.63, 3.8) is 0 Å². The summed E-state index contributed by atoms with van der Waals surface area (Å²) in [7, 11) is -0.298. The average molecular weight is 288 g/mol. The van der Waals surface area contributed by atoms with E-state index >= 15 is 0 Å². The first-order valence-electron chi connectivity index (χ1n) is 7.91. The van der Waals surface area contributed by atoms with Crippen molar-refractivity contribution in [2.24, 2.45) is 0 Å². The molecule has 0 spiro atoms. The molecule has 0 unspecified atom stereocenters. The number of hydrogen-bond donors (Lipinski definition) is 1. The molecule has 2 aliphatic rings. The normalized spacial score (nSPS) is 27.8. The van der Waals surface area contributed by atoms with E-state index in [2.05, 4.69) is 44.1 Å². The SMILES string of the molecule is CC1(C)OB(c2ccnc([C@@H]3CCCNC3)c2)OC1(C)C. The summed E-state index contributed by atoms with van der Waals surface area (Å²) in [6, 6.07) is 4.15. The van der Waals surface area contributed by atoms with Crippen molar-refractivity contribution in [2.45, 2.75) is 57.7 Å². The molecule has 5 heteroatoms. The van der Waals surface area contributed by atoms with Gasteiger partial charge in [-0.05, 0) is 64.7 Å². The third-order valence-corrected chi connectivity index (χ3v) is 5.05. The molecule has 0 amide bonds. The van der Waals surface area contributed by atoms with Crippen LogP contribution in [0.1, 0.15) is 52.1 Å². The van der Waals surface area contributed by atoms with Crippen LogP contribution in [0.5, 0.6) is 0 Å². The fourth-order valence-electron chi connectivity index (χ4n) is 2.92. The number of hydrogen-bond acceptors (Lipinski definition) is 4. The minimum Gasteiger partial charge on any atom is -0.399 e. The van der Waals surface area contributed by atoms with Gasteiger partial charge < -0.3 is 14.6 Å². The predicted octanol–water partition coefficient (Wildman–Crippen LogP) is 1.85. The molecular weight excluding hydrogens is 263 g/mol. The van der Waals surface area contributed by atoms with Crippen molar-refractivity contribution in [1.29, 1.82) is 0 Å². The highest BCUT2D eigenvalue weighted by Gasteiger charge is 2.51. The van der Waals surface area contributed by atoms with Crippen LogP contribution in [0, 0.1) is 0 Å².